The molecule has 0 radical (unpaired) electrons. The molecule has 0 unspecified atom stereocenters. The fraction of sp³-hybridized carbons (Fsp3) is 0.263. The Morgan fingerprint density at radius 2 is 1.67 bits per heavy atom. The van der Waals surface area contributed by atoms with Crippen molar-refractivity contribution in [3.05, 3.63) is 60.2 Å². The number of amides is 1. The minimum Gasteiger partial charge on any atom is -0.455 e. The van der Waals surface area contributed by atoms with Gasteiger partial charge in [0.2, 0.25) is 10.0 Å². The van der Waals surface area contributed by atoms with Crippen LogP contribution in [0.3, 0.4) is 0 Å². The van der Waals surface area contributed by atoms with Gasteiger partial charge in [0.1, 0.15) is 6.54 Å². The van der Waals surface area contributed by atoms with E-state index in [4.69, 9.17) is 4.74 Å². The molecule has 0 aliphatic rings. The second-order valence-electron chi connectivity index (χ2n) is 5.77. The Kier molecular flexibility index (Phi) is 7.09. The van der Waals surface area contributed by atoms with Gasteiger partial charge in [0.15, 0.2) is 6.61 Å². The minimum absolute atomic E-state index is 0.0539. The van der Waals surface area contributed by atoms with Crippen LogP contribution in [0.5, 0.6) is 0 Å². The Bertz CT molecular complexity index is 880. The number of aryl methyl sites for hydroxylation is 1. The van der Waals surface area contributed by atoms with Crippen molar-refractivity contribution < 1.29 is 22.7 Å². The van der Waals surface area contributed by atoms with E-state index in [1.54, 1.807) is 36.4 Å². The SMILES string of the molecule is CCN(C(=O)COC(=O)CNS(=O)(=O)c1ccc(C)cc1)c1ccccc1. The Labute approximate surface area is 159 Å². The van der Waals surface area contributed by atoms with Crippen LogP contribution in [0.4, 0.5) is 5.69 Å². The zero-order valence-electron chi connectivity index (χ0n) is 15.2. The highest BCUT2D eigenvalue weighted by Crippen LogP contribution is 2.13. The summed E-state index contributed by atoms with van der Waals surface area (Å²) in [6, 6.07) is 15.2. The second kappa shape index (κ2) is 9.29. The lowest BCUT2D eigenvalue weighted by atomic mass is 10.2. The standard InChI is InChI=1S/C19H22N2O5S/c1-3-21(16-7-5-4-6-8-16)18(22)14-26-19(23)13-20-27(24,25)17-11-9-15(2)10-12-17/h4-12,20H,3,13-14H2,1-2H3. The Morgan fingerprint density at radius 3 is 2.26 bits per heavy atom. The summed E-state index contributed by atoms with van der Waals surface area (Å²) in [7, 11) is -3.82. The van der Waals surface area contributed by atoms with E-state index in [-0.39, 0.29) is 4.90 Å². The first kappa shape index (κ1) is 20.6. The first-order valence-corrected chi connectivity index (χ1v) is 9.89. The molecule has 0 spiro atoms. The molecule has 27 heavy (non-hydrogen) atoms. The third kappa shape index (κ3) is 5.90. The zero-order chi connectivity index (χ0) is 19.9. The number of sulfonamides is 1. The first-order valence-electron chi connectivity index (χ1n) is 8.41. The molecule has 1 amide bonds. The number of anilines is 1. The van der Waals surface area contributed by atoms with Crippen molar-refractivity contribution in [1.29, 1.82) is 0 Å². The molecule has 8 heteroatoms. The van der Waals surface area contributed by atoms with E-state index in [9.17, 15) is 18.0 Å². The molecular weight excluding hydrogens is 368 g/mol. The molecule has 2 aromatic rings. The maximum atomic E-state index is 12.2. The van der Waals surface area contributed by atoms with Crippen LogP contribution in [0.25, 0.3) is 0 Å². The number of likely N-dealkylation sites (N-methyl/N-ethyl adjacent to an activating group) is 1. The molecule has 2 aromatic carbocycles. The average molecular weight is 390 g/mol. The summed E-state index contributed by atoms with van der Waals surface area (Å²) in [4.78, 5) is 25.6. The second-order valence-corrected chi connectivity index (χ2v) is 7.54. The predicted molar refractivity (Wildman–Crippen MR) is 102 cm³/mol. The van der Waals surface area contributed by atoms with Gasteiger partial charge in [-0.3, -0.25) is 9.59 Å². The summed E-state index contributed by atoms with van der Waals surface area (Å²) in [5.74, 6) is -1.22. The smallest absolute Gasteiger partial charge is 0.321 e. The summed E-state index contributed by atoms with van der Waals surface area (Å²) in [6.45, 7) is 3.05. The molecule has 7 nitrogen and oxygen atoms in total. The van der Waals surface area contributed by atoms with Crippen LogP contribution in [-0.2, 0) is 24.3 Å². The fourth-order valence-electron chi connectivity index (χ4n) is 2.34. The molecule has 2 rings (SSSR count). The lowest BCUT2D eigenvalue weighted by molar-refractivity contribution is -0.146. The number of carbonyl (C=O) groups excluding carboxylic acids is 2. The number of ether oxygens (including phenoxy) is 1. The van der Waals surface area contributed by atoms with E-state index >= 15 is 0 Å². The largest absolute Gasteiger partial charge is 0.455 e. The molecule has 0 saturated carbocycles. The maximum absolute atomic E-state index is 12.2. The molecule has 144 valence electrons. The van der Waals surface area contributed by atoms with Crippen LogP contribution >= 0.6 is 0 Å². The number of esters is 1. The molecule has 0 aromatic heterocycles. The lowest BCUT2D eigenvalue weighted by Gasteiger charge is -2.20. The highest BCUT2D eigenvalue weighted by atomic mass is 32.2. The van der Waals surface area contributed by atoms with Gasteiger partial charge in [-0.05, 0) is 38.1 Å². The number of nitrogens with zero attached hydrogens (tertiary/aromatic N) is 1. The molecule has 0 fully saturated rings. The summed E-state index contributed by atoms with van der Waals surface area (Å²) in [5, 5.41) is 0. The molecule has 1 N–H and O–H groups in total. The van der Waals surface area contributed by atoms with E-state index in [2.05, 4.69) is 4.72 Å². The van der Waals surface area contributed by atoms with Crippen LogP contribution in [0, 0.1) is 6.92 Å². The van der Waals surface area contributed by atoms with Crippen molar-refractivity contribution in [2.45, 2.75) is 18.7 Å². The Balaban J connectivity index is 1.86. The number of hydrogen-bond acceptors (Lipinski definition) is 5. The van der Waals surface area contributed by atoms with E-state index in [0.717, 1.165) is 5.56 Å². The molecule has 0 saturated heterocycles. The topological polar surface area (TPSA) is 92.8 Å². The summed E-state index contributed by atoms with van der Waals surface area (Å²) >= 11 is 0. The molecule has 0 atom stereocenters. The van der Waals surface area contributed by atoms with Crippen molar-refractivity contribution >= 4 is 27.6 Å². The summed E-state index contributed by atoms with van der Waals surface area (Å²) in [5.41, 5.74) is 1.62. The number of rotatable bonds is 8. The first-order chi connectivity index (χ1) is 12.8. The van der Waals surface area contributed by atoms with Gasteiger partial charge in [-0.2, -0.15) is 4.72 Å². The number of nitrogens with one attached hydrogen (secondary N) is 1. The van der Waals surface area contributed by atoms with E-state index in [1.807, 2.05) is 19.9 Å². The summed E-state index contributed by atoms with van der Waals surface area (Å²) in [6.07, 6.45) is 0. The van der Waals surface area contributed by atoms with Gasteiger partial charge in [-0.25, -0.2) is 8.42 Å². The quantitative estimate of drug-likeness (QED) is 0.695. The molecule has 0 aliphatic heterocycles. The number of benzene rings is 2. The van der Waals surface area contributed by atoms with Crippen LogP contribution in [0.15, 0.2) is 59.5 Å². The number of para-hydroxylation sites is 1. The monoisotopic (exact) mass is 390 g/mol. The summed E-state index contributed by atoms with van der Waals surface area (Å²) < 4.78 is 31.3. The van der Waals surface area contributed by atoms with Gasteiger partial charge in [0.05, 0.1) is 4.90 Å². The van der Waals surface area contributed by atoms with Gasteiger partial charge < -0.3 is 9.64 Å². The predicted octanol–water partition coefficient (Wildman–Crippen LogP) is 1.87. The zero-order valence-corrected chi connectivity index (χ0v) is 16.0. The average Bonchev–Trinajstić information content (AvgIpc) is 2.66. The maximum Gasteiger partial charge on any atom is 0.321 e. The molecule has 0 aliphatic carbocycles. The lowest BCUT2D eigenvalue weighted by Crippen LogP contribution is -2.36. The van der Waals surface area contributed by atoms with Crippen molar-refractivity contribution in [2.75, 3.05) is 24.6 Å². The molecular formula is C19H22N2O5S. The van der Waals surface area contributed by atoms with Gasteiger partial charge in [-0.1, -0.05) is 35.9 Å². The fourth-order valence-corrected chi connectivity index (χ4v) is 3.31. The Hall–Kier alpha value is -2.71. The van der Waals surface area contributed by atoms with Crippen molar-refractivity contribution in [3.63, 3.8) is 0 Å². The molecule has 0 bridgehead atoms. The van der Waals surface area contributed by atoms with E-state index in [1.165, 1.54) is 17.0 Å². The number of hydrogen-bond donors (Lipinski definition) is 1. The molecule has 0 heterocycles. The normalized spacial score (nSPS) is 11.0. The van der Waals surface area contributed by atoms with Crippen LogP contribution in [0.1, 0.15) is 12.5 Å². The van der Waals surface area contributed by atoms with Crippen molar-refractivity contribution in [2.24, 2.45) is 0 Å². The highest BCUT2D eigenvalue weighted by molar-refractivity contribution is 7.89. The van der Waals surface area contributed by atoms with Gasteiger partial charge >= 0.3 is 5.97 Å². The van der Waals surface area contributed by atoms with E-state index < -0.39 is 35.1 Å². The van der Waals surface area contributed by atoms with Crippen LogP contribution in [0.2, 0.25) is 0 Å². The van der Waals surface area contributed by atoms with Gasteiger partial charge in [0, 0.05) is 12.2 Å². The van der Waals surface area contributed by atoms with Crippen LogP contribution in [-0.4, -0.2) is 40.0 Å². The van der Waals surface area contributed by atoms with Gasteiger partial charge in [-0.15, -0.1) is 0 Å². The highest BCUT2D eigenvalue weighted by Gasteiger charge is 2.18. The third-order valence-corrected chi connectivity index (χ3v) is 5.20. The van der Waals surface area contributed by atoms with Gasteiger partial charge in [0.25, 0.3) is 5.91 Å². The van der Waals surface area contributed by atoms with E-state index in [0.29, 0.717) is 12.2 Å². The number of carbonyl (C=O) groups is 2. The van der Waals surface area contributed by atoms with Crippen LogP contribution < -0.4 is 9.62 Å². The van der Waals surface area contributed by atoms with Crippen molar-refractivity contribution in [3.8, 4) is 0 Å². The van der Waals surface area contributed by atoms with Crippen molar-refractivity contribution in [1.82, 2.24) is 4.72 Å². The minimum atomic E-state index is -3.82. The Morgan fingerprint density at radius 1 is 1.04 bits per heavy atom. The third-order valence-electron chi connectivity index (χ3n) is 3.78.